The van der Waals surface area contributed by atoms with Gasteiger partial charge in [0.2, 0.25) is 0 Å². The molecule has 3 nitrogen and oxygen atoms in total. The first kappa shape index (κ1) is 20.8. The molecule has 0 aromatic heterocycles. The topological polar surface area (TPSA) is 38.3 Å². The number of Topliss-reactive ketones (excluding diaryl/α,β-unsaturated/α-hetero) is 1. The van der Waals surface area contributed by atoms with Crippen molar-refractivity contribution in [3.05, 3.63) is 71.3 Å². The van der Waals surface area contributed by atoms with Crippen LogP contribution in [0.5, 0.6) is 0 Å². The number of carbonyl (C=O) groups is 1. The Bertz CT molecular complexity index is 762. The highest BCUT2D eigenvalue weighted by molar-refractivity contribution is 5.96. The summed E-state index contributed by atoms with van der Waals surface area (Å²) in [5.74, 6) is 0.669. The normalized spacial score (nSPS) is 18.7. The van der Waals surface area contributed by atoms with Gasteiger partial charge < -0.3 is 10.1 Å². The molecule has 1 heterocycles. The van der Waals surface area contributed by atoms with E-state index in [-0.39, 0.29) is 16.9 Å². The van der Waals surface area contributed by atoms with E-state index in [2.05, 4.69) is 45.1 Å². The fourth-order valence-corrected chi connectivity index (χ4v) is 4.71. The summed E-state index contributed by atoms with van der Waals surface area (Å²) in [5, 5.41) is 3.69. The first-order chi connectivity index (χ1) is 13.2. The molecule has 0 unspecified atom stereocenters. The maximum Gasteiger partial charge on any atom is 0.163 e. The van der Waals surface area contributed by atoms with Gasteiger partial charge in [-0.05, 0) is 57.6 Å². The number of ether oxygens (including phenoxy) is 1. The Morgan fingerprint density at radius 1 is 0.893 bits per heavy atom. The molecule has 1 aliphatic heterocycles. The largest absolute Gasteiger partial charge is 0.372 e. The number of ketones is 1. The molecular formula is C25H33NO2. The molecule has 2 aromatic rings. The molecule has 1 fully saturated rings. The van der Waals surface area contributed by atoms with Crippen LogP contribution in [-0.4, -0.2) is 16.9 Å². The molecule has 3 rings (SSSR count). The van der Waals surface area contributed by atoms with Crippen molar-refractivity contribution in [2.75, 3.05) is 0 Å². The third-order valence-corrected chi connectivity index (χ3v) is 5.41. The Morgan fingerprint density at radius 2 is 1.43 bits per heavy atom. The summed E-state index contributed by atoms with van der Waals surface area (Å²) < 4.78 is 5.78. The van der Waals surface area contributed by atoms with E-state index in [4.69, 9.17) is 4.74 Å². The van der Waals surface area contributed by atoms with Gasteiger partial charge in [0, 0.05) is 23.1 Å². The van der Waals surface area contributed by atoms with Crippen LogP contribution in [0.15, 0.2) is 54.6 Å². The molecule has 2 aromatic carbocycles. The summed E-state index contributed by atoms with van der Waals surface area (Å²) in [6.07, 6.45) is 2.69. The molecule has 150 valence electrons. The zero-order valence-electron chi connectivity index (χ0n) is 17.6. The highest BCUT2D eigenvalue weighted by Crippen LogP contribution is 2.35. The lowest BCUT2D eigenvalue weighted by atomic mass is 9.74. The SMILES string of the molecule is CC1(C)CC(CC(=O)c2ccc(COCc3ccccc3)cc2)CC(C)(C)N1. The number of hydrogen-bond acceptors (Lipinski definition) is 3. The van der Waals surface area contributed by atoms with E-state index in [1.165, 1.54) is 5.56 Å². The first-order valence-corrected chi connectivity index (χ1v) is 10.3. The van der Waals surface area contributed by atoms with Gasteiger partial charge in [0.1, 0.15) is 0 Å². The molecule has 0 amide bonds. The van der Waals surface area contributed by atoms with E-state index >= 15 is 0 Å². The molecule has 0 radical (unpaired) electrons. The van der Waals surface area contributed by atoms with Gasteiger partial charge in [0.15, 0.2) is 5.78 Å². The second-order valence-corrected chi connectivity index (χ2v) is 9.47. The molecule has 28 heavy (non-hydrogen) atoms. The van der Waals surface area contributed by atoms with Gasteiger partial charge in [-0.15, -0.1) is 0 Å². The predicted octanol–water partition coefficient (Wildman–Crippen LogP) is 5.53. The minimum absolute atomic E-state index is 0.0760. The second-order valence-electron chi connectivity index (χ2n) is 9.47. The van der Waals surface area contributed by atoms with Crippen molar-refractivity contribution >= 4 is 5.78 Å². The third kappa shape index (κ3) is 6.02. The molecule has 1 aliphatic rings. The van der Waals surface area contributed by atoms with E-state index in [0.717, 1.165) is 24.0 Å². The second kappa shape index (κ2) is 8.59. The molecule has 1 N–H and O–H groups in total. The first-order valence-electron chi connectivity index (χ1n) is 10.3. The van der Waals surface area contributed by atoms with E-state index in [1.54, 1.807) is 0 Å². The fraction of sp³-hybridized carbons (Fsp3) is 0.480. The van der Waals surface area contributed by atoms with Crippen LogP contribution in [0.4, 0.5) is 0 Å². The lowest BCUT2D eigenvalue weighted by molar-refractivity contribution is 0.0864. The van der Waals surface area contributed by atoms with E-state index in [1.807, 2.05) is 42.5 Å². The molecule has 0 saturated carbocycles. The van der Waals surface area contributed by atoms with Gasteiger partial charge in [-0.3, -0.25) is 4.79 Å². The summed E-state index contributed by atoms with van der Waals surface area (Å²) in [6.45, 7) is 10.1. The van der Waals surface area contributed by atoms with Gasteiger partial charge in [0.25, 0.3) is 0 Å². The zero-order chi connectivity index (χ0) is 20.2. The number of hydrogen-bond donors (Lipinski definition) is 1. The summed E-state index contributed by atoms with van der Waals surface area (Å²) in [6, 6.07) is 18.1. The highest BCUT2D eigenvalue weighted by atomic mass is 16.5. The van der Waals surface area contributed by atoms with Gasteiger partial charge >= 0.3 is 0 Å². The van der Waals surface area contributed by atoms with Gasteiger partial charge in [-0.1, -0.05) is 54.6 Å². The fourth-order valence-electron chi connectivity index (χ4n) is 4.71. The average Bonchev–Trinajstić information content (AvgIpc) is 2.60. The molecule has 3 heteroatoms. The Labute approximate surface area is 169 Å². The lowest BCUT2D eigenvalue weighted by Gasteiger charge is -2.46. The standard InChI is InChI=1S/C25H33NO2/c1-24(2)15-21(16-25(3,4)26-24)14-23(27)22-12-10-20(11-13-22)18-28-17-19-8-6-5-7-9-19/h5-13,21,26H,14-18H2,1-4H3. The maximum absolute atomic E-state index is 12.8. The third-order valence-electron chi connectivity index (χ3n) is 5.41. The van der Waals surface area contributed by atoms with Crippen molar-refractivity contribution < 1.29 is 9.53 Å². The summed E-state index contributed by atoms with van der Waals surface area (Å²) in [5.41, 5.74) is 3.22. The number of nitrogens with one attached hydrogen (secondary N) is 1. The van der Waals surface area contributed by atoms with Crippen molar-refractivity contribution in [2.45, 2.75) is 71.2 Å². The van der Waals surface area contributed by atoms with Crippen molar-refractivity contribution in [3.8, 4) is 0 Å². The summed E-state index contributed by atoms with van der Waals surface area (Å²) in [7, 11) is 0. The average molecular weight is 380 g/mol. The number of benzene rings is 2. The summed E-state index contributed by atoms with van der Waals surface area (Å²) >= 11 is 0. The smallest absolute Gasteiger partial charge is 0.163 e. The predicted molar refractivity (Wildman–Crippen MR) is 114 cm³/mol. The molecule has 0 aliphatic carbocycles. The van der Waals surface area contributed by atoms with Gasteiger partial charge in [-0.25, -0.2) is 0 Å². The Hall–Kier alpha value is -1.97. The quantitative estimate of drug-likeness (QED) is 0.643. The number of rotatable bonds is 7. The maximum atomic E-state index is 12.8. The van der Waals surface area contributed by atoms with Gasteiger partial charge in [-0.2, -0.15) is 0 Å². The number of piperidine rings is 1. The van der Waals surface area contributed by atoms with E-state index in [9.17, 15) is 4.79 Å². The Balaban J connectivity index is 1.52. The number of carbonyl (C=O) groups excluding carboxylic acids is 1. The van der Waals surface area contributed by atoms with Crippen molar-refractivity contribution in [1.29, 1.82) is 0 Å². The summed E-state index contributed by atoms with van der Waals surface area (Å²) in [4.78, 5) is 12.8. The molecule has 1 saturated heterocycles. The Kier molecular flexibility index (Phi) is 6.36. The Morgan fingerprint density at radius 3 is 2.00 bits per heavy atom. The van der Waals surface area contributed by atoms with Crippen LogP contribution in [-0.2, 0) is 18.0 Å². The van der Waals surface area contributed by atoms with E-state index < -0.39 is 0 Å². The van der Waals surface area contributed by atoms with Crippen LogP contribution < -0.4 is 5.32 Å². The van der Waals surface area contributed by atoms with E-state index in [0.29, 0.717) is 25.6 Å². The van der Waals surface area contributed by atoms with Crippen LogP contribution in [0, 0.1) is 5.92 Å². The minimum atomic E-state index is 0.0760. The zero-order valence-corrected chi connectivity index (χ0v) is 17.6. The van der Waals surface area contributed by atoms with Crippen molar-refractivity contribution in [3.63, 3.8) is 0 Å². The molecule has 0 atom stereocenters. The minimum Gasteiger partial charge on any atom is -0.372 e. The van der Waals surface area contributed by atoms with Crippen molar-refractivity contribution in [2.24, 2.45) is 5.92 Å². The molecule has 0 spiro atoms. The monoisotopic (exact) mass is 379 g/mol. The van der Waals surface area contributed by atoms with Crippen LogP contribution >= 0.6 is 0 Å². The van der Waals surface area contributed by atoms with Crippen LogP contribution in [0.1, 0.15) is 68.4 Å². The molecular weight excluding hydrogens is 346 g/mol. The van der Waals surface area contributed by atoms with Gasteiger partial charge in [0.05, 0.1) is 13.2 Å². The lowest BCUT2D eigenvalue weighted by Crippen LogP contribution is -2.57. The van der Waals surface area contributed by atoms with Crippen LogP contribution in [0.25, 0.3) is 0 Å². The van der Waals surface area contributed by atoms with Crippen LogP contribution in [0.2, 0.25) is 0 Å². The van der Waals surface area contributed by atoms with Crippen LogP contribution in [0.3, 0.4) is 0 Å². The van der Waals surface area contributed by atoms with Crippen molar-refractivity contribution in [1.82, 2.24) is 5.32 Å². The molecule has 0 bridgehead atoms. The highest BCUT2D eigenvalue weighted by Gasteiger charge is 2.38.